The molecular formula is C7H8N. The van der Waals surface area contributed by atoms with Gasteiger partial charge in [-0.2, -0.15) is 0 Å². The van der Waals surface area contributed by atoms with E-state index in [1.54, 1.807) is 6.08 Å². The van der Waals surface area contributed by atoms with E-state index >= 15 is 0 Å². The van der Waals surface area contributed by atoms with Crippen molar-refractivity contribution in [3.05, 3.63) is 36.7 Å². The Labute approximate surface area is 49.0 Å². The number of hydrogen-bond acceptors (Lipinski definition) is 0. The third-order valence-electron chi connectivity index (χ3n) is 1.00. The maximum Gasteiger partial charge on any atom is 0.0185 e. The number of H-pyrrole nitrogens is 1. The van der Waals surface area contributed by atoms with Crippen LogP contribution in [0.4, 0.5) is 0 Å². The molecule has 1 rings (SSSR count). The van der Waals surface area contributed by atoms with Gasteiger partial charge in [0.05, 0.1) is 0 Å². The Kier molecular flexibility index (Phi) is 1.52. The van der Waals surface area contributed by atoms with Gasteiger partial charge in [0.1, 0.15) is 0 Å². The molecule has 1 aromatic heterocycles. The molecule has 0 saturated heterocycles. The zero-order chi connectivity index (χ0) is 5.82. The van der Waals surface area contributed by atoms with Gasteiger partial charge in [-0.1, -0.05) is 12.7 Å². The molecule has 0 saturated carbocycles. The molecule has 1 aromatic rings. The fourth-order valence-corrected chi connectivity index (χ4v) is 0.621. The van der Waals surface area contributed by atoms with Gasteiger partial charge in [-0.15, -0.1) is 0 Å². The van der Waals surface area contributed by atoms with E-state index in [1.807, 2.05) is 18.3 Å². The highest BCUT2D eigenvalue weighted by Gasteiger charge is 1.83. The molecule has 0 aliphatic heterocycles. The summed E-state index contributed by atoms with van der Waals surface area (Å²) in [5.74, 6) is 0. The zero-order valence-corrected chi connectivity index (χ0v) is 4.59. The molecule has 1 radical (unpaired) electrons. The molecule has 0 fully saturated rings. The van der Waals surface area contributed by atoms with E-state index in [1.165, 1.54) is 0 Å². The summed E-state index contributed by atoms with van der Waals surface area (Å²) >= 11 is 0. The highest BCUT2D eigenvalue weighted by Crippen LogP contribution is 1.94. The lowest BCUT2D eigenvalue weighted by molar-refractivity contribution is 1.15. The molecule has 0 aromatic carbocycles. The van der Waals surface area contributed by atoms with E-state index in [0.29, 0.717) is 0 Å². The molecule has 0 bridgehead atoms. The lowest BCUT2D eigenvalue weighted by atomic mass is 10.3. The van der Waals surface area contributed by atoms with Crippen LogP contribution in [0.1, 0.15) is 5.69 Å². The van der Waals surface area contributed by atoms with Crippen molar-refractivity contribution >= 4 is 0 Å². The van der Waals surface area contributed by atoms with Crippen molar-refractivity contribution in [2.24, 2.45) is 0 Å². The number of rotatable bonds is 2. The van der Waals surface area contributed by atoms with Crippen LogP contribution < -0.4 is 0 Å². The predicted molar refractivity (Wildman–Crippen MR) is 33.4 cm³/mol. The molecule has 1 nitrogen and oxygen atoms in total. The van der Waals surface area contributed by atoms with Gasteiger partial charge in [0, 0.05) is 18.3 Å². The lowest BCUT2D eigenvalue weighted by Crippen LogP contribution is -1.75. The lowest BCUT2D eigenvalue weighted by Gasteiger charge is -1.83. The van der Waals surface area contributed by atoms with Gasteiger partial charge in [-0.25, -0.2) is 0 Å². The van der Waals surface area contributed by atoms with Gasteiger partial charge < -0.3 is 4.98 Å². The third kappa shape index (κ3) is 0.997. The predicted octanol–water partition coefficient (Wildman–Crippen LogP) is 1.55. The topological polar surface area (TPSA) is 15.8 Å². The third-order valence-corrected chi connectivity index (χ3v) is 1.00. The van der Waals surface area contributed by atoms with Crippen LogP contribution in [0.3, 0.4) is 0 Å². The van der Waals surface area contributed by atoms with Crippen molar-refractivity contribution in [2.45, 2.75) is 6.42 Å². The quantitative estimate of drug-likeness (QED) is 0.588. The summed E-state index contributed by atoms with van der Waals surface area (Å²) in [7, 11) is 0. The van der Waals surface area contributed by atoms with Gasteiger partial charge in [0.15, 0.2) is 0 Å². The molecule has 0 atom stereocenters. The largest absolute Gasteiger partial charge is 0.365 e. The van der Waals surface area contributed by atoms with Gasteiger partial charge in [-0.3, -0.25) is 0 Å². The molecule has 8 heavy (non-hydrogen) atoms. The summed E-state index contributed by atoms with van der Waals surface area (Å²) in [5.41, 5.74) is 1.16. The summed E-state index contributed by atoms with van der Waals surface area (Å²) in [6.45, 7) is 5.17. The summed E-state index contributed by atoms with van der Waals surface area (Å²) in [6, 6.07) is 3.96. The first kappa shape index (κ1) is 5.16. The zero-order valence-electron chi connectivity index (χ0n) is 4.59. The highest BCUT2D eigenvalue weighted by molar-refractivity contribution is 5.06. The number of aromatic amines is 1. The first-order valence-electron chi connectivity index (χ1n) is 2.59. The van der Waals surface area contributed by atoms with Crippen LogP contribution in [0, 0.1) is 6.58 Å². The smallest absolute Gasteiger partial charge is 0.0185 e. The Morgan fingerprint density at radius 2 is 2.62 bits per heavy atom. The van der Waals surface area contributed by atoms with Crippen LogP contribution in [0.2, 0.25) is 0 Å². The van der Waals surface area contributed by atoms with Crippen LogP contribution in [0.15, 0.2) is 24.4 Å². The fraction of sp³-hybridized carbons (Fsp3) is 0.143. The Balaban J connectivity index is 2.62. The first-order valence-corrected chi connectivity index (χ1v) is 2.59. The van der Waals surface area contributed by atoms with E-state index in [0.717, 1.165) is 12.1 Å². The fourth-order valence-electron chi connectivity index (χ4n) is 0.621. The Morgan fingerprint density at radius 3 is 3.12 bits per heavy atom. The second kappa shape index (κ2) is 2.36. The Hall–Kier alpha value is -0.980. The summed E-state index contributed by atoms with van der Waals surface area (Å²) in [5, 5.41) is 0. The molecule has 0 amide bonds. The summed E-state index contributed by atoms with van der Waals surface area (Å²) < 4.78 is 0. The van der Waals surface area contributed by atoms with Crippen LogP contribution in [0.25, 0.3) is 0 Å². The Bertz CT molecular complexity index is 151. The molecular weight excluding hydrogens is 98.1 g/mol. The average molecular weight is 106 g/mol. The second-order valence-electron chi connectivity index (χ2n) is 1.64. The van der Waals surface area contributed by atoms with Crippen molar-refractivity contribution < 1.29 is 0 Å². The number of allylic oxidation sites excluding steroid dienone is 1. The van der Waals surface area contributed by atoms with E-state index in [4.69, 9.17) is 6.58 Å². The first-order chi connectivity index (χ1) is 3.93. The normalized spacial score (nSPS) is 9.00. The van der Waals surface area contributed by atoms with Crippen molar-refractivity contribution in [3.63, 3.8) is 0 Å². The molecule has 41 valence electrons. The molecule has 1 heteroatoms. The van der Waals surface area contributed by atoms with Gasteiger partial charge in [-0.05, 0) is 12.1 Å². The molecule has 0 spiro atoms. The number of hydrogen-bond donors (Lipinski definition) is 1. The van der Waals surface area contributed by atoms with Gasteiger partial charge >= 0.3 is 0 Å². The summed E-state index contributed by atoms with van der Waals surface area (Å²) in [6.07, 6.45) is 4.34. The van der Waals surface area contributed by atoms with Crippen molar-refractivity contribution in [1.82, 2.24) is 4.98 Å². The number of nitrogens with one attached hydrogen (secondary N) is 1. The number of aromatic nitrogens is 1. The van der Waals surface area contributed by atoms with Gasteiger partial charge in [0.2, 0.25) is 0 Å². The minimum atomic E-state index is 0.826. The minimum absolute atomic E-state index is 0.826. The molecule has 0 aliphatic carbocycles. The van der Waals surface area contributed by atoms with Crippen LogP contribution in [-0.4, -0.2) is 4.98 Å². The van der Waals surface area contributed by atoms with Crippen LogP contribution in [0.5, 0.6) is 0 Å². The maximum atomic E-state index is 5.17. The average Bonchev–Trinajstić information content (AvgIpc) is 2.19. The molecule has 0 aliphatic rings. The second-order valence-corrected chi connectivity index (χ2v) is 1.64. The maximum absolute atomic E-state index is 5.17. The highest BCUT2D eigenvalue weighted by atomic mass is 14.7. The van der Waals surface area contributed by atoms with E-state index in [9.17, 15) is 0 Å². The molecule has 1 N–H and O–H groups in total. The standard InChI is InChI=1S/C7H8N/c1-2-4-7-5-3-6-8-7/h1-3,5-6,8H,4H2. The summed E-state index contributed by atoms with van der Waals surface area (Å²) in [4.78, 5) is 3.03. The van der Waals surface area contributed by atoms with Gasteiger partial charge in [0.25, 0.3) is 0 Å². The van der Waals surface area contributed by atoms with E-state index in [-0.39, 0.29) is 0 Å². The minimum Gasteiger partial charge on any atom is -0.365 e. The Morgan fingerprint density at radius 1 is 1.75 bits per heavy atom. The van der Waals surface area contributed by atoms with Crippen LogP contribution >= 0.6 is 0 Å². The van der Waals surface area contributed by atoms with E-state index in [2.05, 4.69) is 4.98 Å². The van der Waals surface area contributed by atoms with Crippen LogP contribution in [-0.2, 0) is 6.42 Å². The van der Waals surface area contributed by atoms with Crippen molar-refractivity contribution in [3.8, 4) is 0 Å². The van der Waals surface area contributed by atoms with E-state index < -0.39 is 0 Å². The monoisotopic (exact) mass is 106 g/mol. The van der Waals surface area contributed by atoms with Crippen molar-refractivity contribution in [1.29, 1.82) is 0 Å². The SMILES string of the molecule is [CH]=CCc1ccc[nH]1. The molecule has 1 heterocycles. The molecule has 0 unspecified atom stereocenters. The van der Waals surface area contributed by atoms with Crippen molar-refractivity contribution in [2.75, 3.05) is 0 Å².